The van der Waals surface area contributed by atoms with Crippen LogP contribution in [0.15, 0.2) is 24.4 Å². The SMILES string of the molecule is Cc1cn(C)nc1NCc1ccc(O)cc1O. The van der Waals surface area contributed by atoms with E-state index in [0.717, 1.165) is 11.4 Å². The third-order valence-corrected chi connectivity index (χ3v) is 2.53. The number of phenols is 2. The molecule has 0 spiro atoms. The van der Waals surface area contributed by atoms with E-state index in [2.05, 4.69) is 10.4 Å². The molecule has 0 bridgehead atoms. The lowest BCUT2D eigenvalue weighted by Gasteiger charge is -2.06. The first-order valence-corrected chi connectivity index (χ1v) is 5.31. The Kier molecular flexibility index (Phi) is 2.91. The fraction of sp³-hybridized carbons (Fsp3) is 0.250. The minimum atomic E-state index is 0.0558. The zero-order chi connectivity index (χ0) is 12.4. The summed E-state index contributed by atoms with van der Waals surface area (Å²) in [7, 11) is 1.86. The highest BCUT2D eigenvalue weighted by atomic mass is 16.3. The van der Waals surface area contributed by atoms with Gasteiger partial charge in [0, 0.05) is 37.0 Å². The number of hydrogen-bond acceptors (Lipinski definition) is 4. The molecule has 1 heterocycles. The van der Waals surface area contributed by atoms with Crippen molar-refractivity contribution in [2.45, 2.75) is 13.5 Å². The predicted molar refractivity (Wildman–Crippen MR) is 65.0 cm³/mol. The molecule has 17 heavy (non-hydrogen) atoms. The molecular weight excluding hydrogens is 218 g/mol. The van der Waals surface area contributed by atoms with Gasteiger partial charge in [0.2, 0.25) is 0 Å². The lowest BCUT2D eigenvalue weighted by molar-refractivity contribution is 0.446. The lowest BCUT2D eigenvalue weighted by atomic mass is 10.2. The number of aromatic hydroxyl groups is 2. The molecule has 1 aromatic heterocycles. The van der Waals surface area contributed by atoms with Gasteiger partial charge >= 0.3 is 0 Å². The van der Waals surface area contributed by atoms with E-state index < -0.39 is 0 Å². The van der Waals surface area contributed by atoms with Gasteiger partial charge in [-0.05, 0) is 19.1 Å². The second-order valence-corrected chi connectivity index (χ2v) is 4.00. The van der Waals surface area contributed by atoms with Crippen molar-refractivity contribution in [3.63, 3.8) is 0 Å². The third kappa shape index (κ3) is 2.50. The molecule has 5 heteroatoms. The Labute approximate surface area is 99.3 Å². The molecule has 0 saturated heterocycles. The minimum Gasteiger partial charge on any atom is -0.508 e. The molecule has 90 valence electrons. The summed E-state index contributed by atoms with van der Waals surface area (Å²) in [5.41, 5.74) is 1.76. The summed E-state index contributed by atoms with van der Waals surface area (Å²) in [5.74, 6) is 0.923. The highest BCUT2D eigenvalue weighted by Crippen LogP contribution is 2.23. The van der Waals surface area contributed by atoms with Crippen molar-refractivity contribution in [2.75, 3.05) is 5.32 Å². The number of rotatable bonds is 3. The molecule has 0 saturated carbocycles. The highest BCUT2D eigenvalue weighted by molar-refractivity contribution is 5.45. The first-order chi connectivity index (χ1) is 8.06. The fourth-order valence-corrected chi connectivity index (χ4v) is 1.66. The summed E-state index contributed by atoms with van der Waals surface area (Å²) in [6.07, 6.45) is 1.92. The molecule has 0 radical (unpaired) electrons. The molecule has 0 aliphatic carbocycles. The minimum absolute atomic E-state index is 0.0558. The number of aryl methyl sites for hydroxylation is 2. The maximum atomic E-state index is 9.62. The standard InChI is InChI=1S/C12H15N3O2/c1-8-7-15(2)14-12(8)13-6-9-3-4-10(16)5-11(9)17/h3-5,7,16-17H,6H2,1-2H3,(H,13,14). The van der Waals surface area contributed by atoms with Gasteiger partial charge in [-0.15, -0.1) is 0 Å². The van der Waals surface area contributed by atoms with E-state index in [1.165, 1.54) is 6.07 Å². The van der Waals surface area contributed by atoms with Crippen molar-refractivity contribution in [1.29, 1.82) is 0 Å². The Morgan fingerprint density at radius 1 is 1.35 bits per heavy atom. The summed E-state index contributed by atoms with van der Waals surface area (Å²) in [5, 5.41) is 26.2. The largest absolute Gasteiger partial charge is 0.508 e. The van der Waals surface area contributed by atoms with E-state index in [1.54, 1.807) is 16.8 Å². The molecule has 0 fully saturated rings. The molecule has 0 unspecified atom stereocenters. The Morgan fingerprint density at radius 2 is 2.12 bits per heavy atom. The predicted octanol–water partition coefficient (Wildman–Crippen LogP) is 1.75. The Hall–Kier alpha value is -2.17. The maximum Gasteiger partial charge on any atom is 0.151 e. The molecule has 0 amide bonds. The van der Waals surface area contributed by atoms with Crippen LogP contribution in [0.1, 0.15) is 11.1 Å². The van der Waals surface area contributed by atoms with Crippen LogP contribution in [-0.4, -0.2) is 20.0 Å². The average Bonchev–Trinajstić information content (AvgIpc) is 2.56. The monoisotopic (exact) mass is 233 g/mol. The number of hydrogen-bond donors (Lipinski definition) is 3. The summed E-state index contributed by atoms with van der Waals surface area (Å²) >= 11 is 0. The van der Waals surface area contributed by atoms with E-state index in [1.807, 2.05) is 20.2 Å². The van der Waals surface area contributed by atoms with Crippen LogP contribution in [0.5, 0.6) is 11.5 Å². The summed E-state index contributed by atoms with van der Waals surface area (Å²) in [6, 6.07) is 4.54. The van der Waals surface area contributed by atoms with E-state index in [4.69, 9.17) is 0 Å². The van der Waals surface area contributed by atoms with Crippen molar-refractivity contribution < 1.29 is 10.2 Å². The van der Waals surface area contributed by atoms with E-state index >= 15 is 0 Å². The van der Waals surface area contributed by atoms with Gasteiger partial charge in [-0.25, -0.2) is 0 Å². The van der Waals surface area contributed by atoms with Crippen molar-refractivity contribution in [3.05, 3.63) is 35.5 Å². The van der Waals surface area contributed by atoms with Gasteiger partial charge in [-0.3, -0.25) is 4.68 Å². The molecule has 1 aromatic carbocycles. The van der Waals surface area contributed by atoms with Gasteiger partial charge in [-0.1, -0.05) is 0 Å². The van der Waals surface area contributed by atoms with Crippen molar-refractivity contribution in [1.82, 2.24) is 9.78 Å². The van der Waals surface area contributed by atoms with Crippen molar-refractivity contribution in [2.24, 2.45) is 7.05 Å². The summed E-state index contributed by atoms with van der Waals surface area (Å²) < 4.78 is 1.73. The van der Waals surface area contributed by atoms with Gasteiger partial charge < -0.3 is 15.5 Å². The number of anilines is 1. The quantitative estimate of drug-likeness (QED) is 0.755. The fourth-order valence-electron chi connectivity index (χ4n) is 1.66. The second kappa shape index (κ2) is 4.37. The van der Waals surface area contributed by atoms with E-state index in [9.17, 15) is 10.2 Å². The van der Waals surface area contributed by atoms with Crippen LogP contribution in [0.2, 0.25) is 0 Å². The zero-order valence-corrected chi connectivity index (χ0v) is 9.81. The second-order valence-electron chi connectivity index (χ2n) is 4.00. The van der Waals surface area contributed by atoms with Crippen molar-refractivity contribution in [3.8, 4) is 11.5 Å². The molecular formula is C12H15N3O2. The third-order valence-electron chi connectivity index (χ3n) is 2.53. The average molecular weight is 233 g/mol. The number of nitrogens with zero attached hydrogens (tertiary/aromatic N) is 2. The Balaban J connectivity index is 2.10. The van der Waals surface area contributed by atoms with Gasteiger partial charge in [0.05, 0.1) is 0 Å². The van der Waals surface area contributed by atoms with E-state index in [0.29, 0.717) is 12.1 Å². The molecule has 0 atom stereocenters. The zero-order valence-electron chi connectivity index (χ0n) is 9.81. The van der Waals surface area contributed by atoms with Crippen LogP contribution < -0.4 is 5.32 Å². The highest BCUT2D eigenvalue weighted by Gasteiger charge is 2.05. The Morgan fingerprint density at radius 3 is 2.71 bits per heavy atom. The summed E-state index contributed by atoms with van der Waals surface area (Å²) in [6.45, 7) is 2.43. The maximum absolute atomic E-state index is 9.62. The van der Waals surface area contributed by atoms with E-state index in [-0.39, 0.29) is 11.5 Å². The number of phenolic OH excluding ortho intramolecular Hbond substituents is 2. The van der Waals surface area contributed by atoms with Gasteiger partial charge in [0.25, 0.3) is 0 Å². The van der Waals surface area contributed by atoms with Gasteiger partial charge in [0.1, 0.15) is 11.5 Å². The van der Waals surface area contributed by atoms with Crippen LogP contribution in [0.3, 0.4) is 0 Å². The number of benzene rings is 1. The number of aromatic nitrogens is 2. The lowest BCUT2D eigenvalue weighted by Crippen LogP contribution is -2.02. The molecule has 3 N–H and O–H groups in total. The number of nitrogens with one attached hydrogen (secondary N) is 1. The first-order valence-electron chi connectivity index (χ1n) is 5.31. The molecule has 2 aromatic rings. The van der Waals surface area contributed by atoms with Crippen LogP contribution >= 0.6 is 0 Å². The van der Waals surface area contributed by atoms with Crippen molar-refractivity contribution >= 4 is 5.82 Å². The smallest absolute Gasteiger partial charge is 0.151 e. The Bertz CT molecular complexity index is 535. The van der Waals surface area contributed by atoms with Crippen LogP contribution in [0, 0.1) is 6.92 Å². The summed E-state index contributed by atoms with van der Waals surface area (Å²) in [4.78, 5) is 0. The van der Waals surface area contributed by atoms with Crippen LogP contribution in [0.4, 0.5) is 5.82 Å². The van der Waals surface area contributed by atoms with Gasteiger partial charge in [-0.2, -0.15) is 5.10 Å². The normalized spacial score (nSPS) is 10.5. The molecule has 0 aliphatic heterocycles. The topological polar surface area (TPSA) is 70.3 Å². The van der Waals surface area contributed by atoms with Crippen LogP contribution in [-0.2, 0) is 13.6 Å². The van der Waals surface area contributed by atoms with Crippen LogP contribution in [0.25, 0.3) is 0 Å². The van der Waals surface area contributed by atoms with Gasteiger partial charge in [0.15, 0.2) is 5.82 Å². The first kappa shape index (κ1) is 11.3. The molecule has 5 nitrogen and oxygen atoms in total. The molecule has 0 aliphatic rings. The molecule has 2 rings (SSSR count).